The summed E-state index contributed by atoms with van der Waals surface area (Å²) in [5.41, 5.74) is 4.65. The largest absolute Gasteiger partial charge is 0.465 e. The van der Waals surface area contributed by atoms with Crippen LogP contribution < -0.4 is 0 Å². The first kappa shape index (κ1) is 14.8. The van der Waals surface area contributed by atoms with E-state index in [0.29, 0.717) is 12.1 Å². The third-order valence-electron chi connectivity index (χ3n) is 3.37. The summed E-state index contributed by atoms with van der Waals surface area (Å²) in [5.74, 6) is 0. The molecule has 0 saturated heterocycles. The van der Waals surface area contributed by atoms with Gasteiger partial charge in [0.05, 0.1) is 0 Å². The molecule has 108 valence electrons. The maximum atomic E-state index is 10.9. The number of hydrogen-bond acceptors (Lipinski definition) is 2. The number of hydrogen-bond donors (Lipinski definition) is 1. The highest BCUT2D eigenvalue weighted by Crippen LogP contribution is 2.25. The average molecular weight is 283 g/mol. The molecule has 1 amide bonds. The summed E-state index contributed by atoms with van der Waals surface area (Å²) in [7, 11) is 1.54. The molecule has 0 fully saturated rings. The minimum absolute atomic E-state index is 0.342. The Balaban J connectivity index is 2.33. The summed E-state index contributed by atoms with van der Waals surface area (Å²) in [6.45, 7) is 2.30. The number of aryl methyl sites for hydroxylation is 1. The van der Waals surface area contributed by atoms with E-state index in [4.69, 9.17) is 5.11 Å². The number of aldehydes is 1. The second-order valence-corrected chi connectivity index (χ2v) is 5.03. The standard InChI is InChI=1S/C17H17NO3/c1-12-8-14(11-19)6-7-16(12)15-5-3-4-13(9-15)10-18(2)17(20)21/h3-9,11H,10H2,1-2H3,(H,20,21). The summed E-state index contributed by atoms with van der Waals surface area (Å²) in [5, 5.41) is 8.92. The Hall–Kier alpha value is -2.62. The van der Waals surface area contributed by atoms with Crippen LogP contribution in [0.2, 0.25) is 0 Å². The molecule has 0 spiro atoms. The van der Waals surface area contributed by atoms with Crippen LogP contribution in [0.5, 0.6) is 0 Å². The quantitative estimate of drug-likeness (QED) is 0.872. The molecule has 0 radical (unpaired) electrons. The van der Waals surface area contributed by atoms with Crippen LogP contribution in [-0.4, -0.2) is 29.4 Å². The lowest BCUT2D eigenvalue weighted by Crippen LogP contribution is -2.23. The van der Waals surface area contributed by atoms with Gasteiger partial charge < -0.3 is 10.0 Å². The summed E-state index contributed by atoms with van der Waals surface area (Å²) in [6, 6.07) is 13.3. The second kappa shape index (κ2) is 6.22. The molecule has 0 atom stereocenters. The van der Waals surface area contributed by atoms with Crippen molar-refractivity contribution >= 4 is 12.4 Å². The first-order chi connectivity index (χ1) is 10.0. The highest BCUT2D eigenvalue weighted by molar-refractivity contribution is 5.78. The fourth-order valence-corrected chi connectivity index (χ4v) is 2.26. The van der Waals surface area contributed by atoms with E-state index in [-0.39, 0.29) is 0 Å². The van der Waals surface area contributed by atoms with E-state index in [1.807, 2.05) is 43.3 Å². The Labute approximate surface area is 123 Å². The Bertz CT molecular complexity index is 679. The number of rotatable bonds is 4. The molecule has 2 aromatic rings. The molecule has 0 saturated carbocycles. The molecular formula is C17H17NO3. The van der Waals surface area contributed by atoms with E-state index >= 15 is 0 Å². The van der Waals surface area contributed by atoms with E-state index in [1.165, 1.54) is 4.90 Å². The van der Waals surface area contributed by atoms with Gasteiger partial charge in [0.25, 0.3) is 0 Å². The van der Waals surface area contributed by atoms with Gasteiger partial charge in [-0.2, -0.15) is 0 Å². The van der Waals surface area contributed by atoms with Crippen LogP contribution >= 0.6 is 0 Å². The fraction of sp³-hybridized carbons (Fsp3) is 0.176. The minimum Gasteiger partial charge on any atom is -0.465 e. The van der Waals surface area contributed by atoms with Crippen LogP contribution in [0.3, 0.4) is 0 Å². The zero-order valence-electron chi connectivity index (χ0n) is 12.0. The number of carbonyl (C=O) groups excluding carboxylic acids is 1. The Morgan fingerprint density at radius 2 is 2.00 bits per heavy atom. The van der Waals surface area contributed by atoms with Crippen molar-refractivity contribution in [2.45, 2.75) is 13.5 Å². The van der Waals surface area contributed by atoms with Gasteiger partial charge in [-0.3, -0.25) is 4.79 Å². The van der Waals surface area contributed by atoms with Gasteiger partial charge in [-0.25, -0.2) is 4.79 Å². The molecule has 0 aliphatic heterocycles. The fourth-order valence-electron chi connectivity index (χ4n) is 2.26. The maximum Gasteiger partial charge on any atom is 0.407 e. The molecule has 2 rings (SSSR count). The zero-order valence-corrected chi connectivity index (χ0v) is 12.0. The van der Waals surface area contributed by atoms with Gasteiger partial charge in [0.1, 0.15) is 6.29 Å². The van der Waals surface area contributed by atoms with Crippen molar-refractivity contribution in [3.8, 4) is 11.1 Å². The topological polar surface area (TPSA) is 57.6 Å². The number of benzene rings is 2. The Kier molecular flexibility index (Phi) is 4.38. The molecule has 1 N–H and O–H groups in total. The number of carbonyl (C=O) groups is 2. The molecule has 4 nitrogen and oxygen atoms in total. The smallest absolute Gasteiger partial charge is 0.407 e. The third-order valence-corrected chi connectivity index (χ3v) is 3.37. The van der Waals surface area contributed by atoms with Crippen molar-refractivity contribution in [3.05, 3.63) is 59.2 Å². The number of amides is 1. The molecule has 0 aliphatic rings. The molecule has 4 heteroatoms. The van der Waals surface area contributed by atoms with Crippen LogP contribution in [-0.2, 0) is 6.54 Å². The lowest BCUT2D eigenvalue weighted by atomic mass is 9.97. The summed E-state index contributed by atoms with van der Waals surface area (Å²) < 4.78 is 0. The van der Waals surface area contributed by atoms with E-state index in [1.54, 1.807) is 13.1 Å². The van der Waals surface area contributed by atoms with Gasteiger partial charge in [-0.1, -0.05) is 30.3 Å². The van der Waals surface area contributed by atoms with Crippen molar-refractivity contribution in [1.29, 1.82) is 0 Å². The maximum absolute atomic E-state index is 10.9. The van der Waals surface area contributed by atoms with Crippen molar-refractivity contribution < 1.29 is 14.7 Å². The van der Waals surface area contributed by atoms with Crippen molar-refractivity contribution in [3.63, 3.8) is 0 Å². The predicted octanol–water partition coefficient (Wildman–Crippen LogP) is 3.58. The molecule has 21 heavy (non-hydrogen) atoms. The Morgan fingerprint density at radius 3 is 2.62 bits per heavy atom. The molecule has 0 bridgehead atoms. The lowest BCUT2D eigenvalue weighted by molar-refractivity contribution is 0.112. The number of carboxylic acid groups (broad SMARTS) is 1. The van der Waals surface area contributed by atoms with E-state index in [0.717, 1.165) is 28.5 Å². The highest BCUT2D eigenvalue weighted by Gasteiger charge is 2.08. The molecule has 0 aliphatic carbocycles. The van der Waals surface area contributed by atoms with Crippen LogP contribution in [0.4, 0.5) is 4.79 Å². The van der Waals surface area contributed by atoms with Gasteiger partial charge in [-0.15, -0.1) is 0 Å². The zero-order chi connectivity index (χ0) is 15.4. The van der Waals surface area contributed by atoms with Gasteiger partial charge >= 0.3 is 6.09 Å². The van der Waals surface area contributed by atoms with Gasteiger partial charge in [0.2, 0.25) is 0 Å². The van der Waals surface area contributed by atoms with Gasteiger partial charge in [0.15, 0.2) is 0 Å². The second-order valence-electron chi connectivity index (χ2n) is 5.03. The highest BCUT2D eigenvalue weighted by atomic mass is 16.4. The van der Waals surface area contributed by atoms with Gasteiger partial charge in [-0.05, 0) is 41.3 Å². The van der Waals surface area contributed by atoms with Crippen LogP contribution in [0.15, 0.2) is 42.5 Å². The third kappa shape index (κ3) is 3.48. The van der Waals surface area contributed by atoms with Crippen molar-refractivity contribution in [2.75, 3.05) is 7.05 Å². The SMILES string of the molecule is Cc1cc(C=O)ccc1-c1cccc(CN(C)C(=O)O)c1. The van der Waals surface area contributed by atoms with Gasteiger partial charge in [0, 0.05) is 19.2 Å². The molecular weight excluding hydrogens is 266 g/mol. The van der Waals surface area contributed by atoms with Crippen LogP contribution in [0.25, 0.3) is 11.1 Å². The average Bonchev–Trinajstić information content (AvgIpc) is 2.47. The van der Waals surface area contributed by atoms with Crippen LogP contribution in [0.1, 0.15) is 21.5 Å². The summed E-state index contributed by atoms with van der Waals surface area (Å²) >= 11 is 0. The number of nitrogens with zero attached hydrogens (tertiary/aromatic N) is 1. The monoisotopic (exact) mass is 283 g/mol. The first-order valence-electron chi connectivity index (χ1n) is 6.60. The lowest BCUT2D eigenvalue weighted by Gasteiger charge is -2.14. The van der Waals surface area contributed by atoms with Crippen molar-refractivity contribution in [2.24, 2.45) is 0 Å². The first-order valence-corrected chi connectivity index (χ1v) is 6.60. The summed E-state index contributed by atoms with van der Waals surface area (Å²) in [6.07, 6.45) is -0.124. The molecule has 0 aromatic heterocycles. The van der Waals surface area contributed by atoms with E-state index in [9.17, 15) is 9.59 Å². The molecule has 2 aromatic carbocycles. The summed E-state index contributed by atoms with van der Waals surface area (Å²) in [4.78, 5) is 22.9. The van der Waals surface area contributed by atoms with Crippen LogP contribution in [0, 0.1) is 6.92 Å². The van der Waals surface area contributed by atoms with E-state index in [2.05, 4.69) is 0 Å². The van der Waals surface area contributed by atoms with Crippen molar-refractivity contribution in [1.82, 2.24) is 4.90 Å². The Morgan fingerprint density at radius 1 is 1.24 bits per heavy atom. The normalized spacial score (nSPS) is 10.2. The molecule has 0 heterocycles. The molecule has 0 unspecified atom stereocenters. The predicted molar refractivity (Wildman–Crippen MR) is 81.5 cm³/mol. The minimum atomic E-state index is -0.952. The van der Waals surface area contributed by atoms with E-state index < -0.39 is 6.09 Å².